The van der Waals surface area contributed by atoms with Gasteiger partial charge in [0.15, 0.2) is 0 Å². The average Bonchev–Trinajstić information content (AvgIpc) is 3.37. The summed E-state index contributed by atoms with van der Waals surface area (Å²) in [4.78, 5) is 17.0. The molecule has 1 atom stereocenters. The maximum atomic E-state index is 12.4. The van der Waals surface area contributed by atoms with E-state index >= 15 is 0 Å². The first-order valence-electron chi connectivity index (χ1n) is 9.28. The Kier molecular flexibility index (Phi) is 7.19. The Hall–Kier alpha value is -2.22. The van der Waals surface area contributed by atoms with Gasteiger partial charge in [-0.1, -0.05) is 30.3 Å². The van der Waals surface area contributed by atoms with E-state index in [0.29, 0.717) is 12.5 Å². The van der Waals surface area contributed by atoms with Crippen LogP contribution in [0.3, 0.4) is 0 Å². The van der Waals surface area contributed by atoms with E-state index in [1.165, 1.54) is 0 Å². The van der Waals surface area contributed by atoms with Crippen LogP contribution in [0.2, 0.25) is 0 Å². The smallest absolute Gasteiger partial charge is 0.242 e. The Bertz CT molecular complexity index is 889. The Morgan fingerprint density at radius 1 is 1.29 bits per heavy atom. The predicted octanol–water partition coefficient (Wildman–Crippen LogP) is 3.21. The van der Waals surface area contributed by atoms with Gasteiger partial charge < -0.3 is 10.6 Å². The Morgan fingerprint density at radius 3 is 2.93 bits per heavy atom. The summed E-state index contributed by atoms with van der Waals surface area (Å²) in [6.45, 7) is 2.71. The topological polar surface area (TPSA) is 71.8 Å². The van der Waals surface area contributed by atoms with Gasteiger partial charge in [-0.3, -0.25) is 9.48 Å². The highest BCUT2D eigenvalue weighted by molar-refractivity contribution is 7.09. The monoisotopic (exact) mass is 417 g/mol. The van der Waals surface area contributed by atoms with Crippen molar-refractivity contribution in [2.45, 2.75) is 31.8 Å². The first kappa shape index (κ1) is 20.5. The summed E-state index contributed by atoms with van der Waals surface area (Å²) in [7, 11) is 0. The van der Waals surface area contributed by atoms with Crippen LogP contribution in [-0.4, -0.2) is 33.8 Å². The molecule has 0 bridgehead atoms. The fourth-order valence-corrected chi connectivity index (χ4v) is 4.17. The third-order valence-corrected chi connectivity index (χ3v) is 5.66. The summed E-state index contributed by atoms with van der Waals surface area (Å²) in [6.07, 6.45) is 4.09. The Labute approximate surface area is 174 Å². The third kappa shape index (κ3) is 4.98. The van der Waals surface area contributed by atoms with E-state index in [0.717, 1.165) is 47.9 Å². The van der Waals surface area contributed by atoms with E-state index in [1.54, 1.807) is 17.5 Å². The molecule has 1 aliphatic heterocycles. The number of nitrogens with one attached hydrogen (secondary N) is 2. The highest BCUT2D eigenvalue weighted by atomic mass is 35.5. The lowest BCUT2D eigenvalue weighted by Crippen LogP contribution is -2.32. The van der Waals surface area contributed by atoms with Gasteiger partial charge in [-0.15, -0.1) is 23.7 Å². The molecule has 1 fully saturated rings. The molecule has 0 aliphatic carbocycles. The van der Waals surface area contributed by atoms with Crippen LogP contribution in [0.1, 0.15) is 29.5 Å². The van der Waals surface area contributed by atoms with Crippen LogP contribution in [0, 0.1) is 0 Å². The van der Waals surface area contributed by atoms with Gasteiger partial charge in [0.25, 0.3) is 0 Å². The van der Waals surface area contributed by atoms with Crippen LogP contribution >= 0.6 is 23.7 Å². The van der Waals surface area contributed by atoms with E-state index in [4.69, 9.17) is 0 Å². The number of carbonyl (C=O) groups is 1. The lowest BCUT2D eigenvalue weighted by molar-refractivity contribution is -0.122. The minimum atomic E-state index is -0.0415. The lowest BCUT2D eigenvalue weighted by Gasteiger charge is -2.23. The lowest BCUT2D eigenvalue weighted by atomic mass is 9.96. The first-order valence-corrected chi connectivity index (χ1v) is 10.2. The zero-order chi connectivity index (χ0) is 18.5. The number of amides is 1. The molecule has 0 radical (unpaired) electrons. The molecule has 2 aromatic heterocycles. The maximum Gasteiger partial charge on any atom is 0.242 e. The van der Waals surface area contributed by atoms with Gasteiger partial charge in [-0.05, 0) is 25.5 Å². The highest BCUT2D eigenvalue weighted by Gasteiger charge is 2.20. The van der Waals surface area contributed by atoms with E-state index in [-0.39, 0.29) is 24.9 Å². The standard InChI is InChI=1S/C20H23N5OS.ClH/c26-19(13-25-18(8-10-23-25)16-7-4-9-21-11-16)22-12-20-24-17(14-27-20)15-5-2-1-3-6-15;/h1-3,5-6,8,10,14,16,21H,4,7,9,11-13H2,(H,22,26);1H. The van der Waals surface area contributed by atoms with E-state index in [2.05, 4.69) is 20.7 Å². The number of halogens is 1. The van der Waals surface area contributed by atoms with Crippen molar-refractivity contribution in [1.29, 1.82) is 0 Å². The number of benzene rings is 1. The molecule has 2 N–H and O–H groups in total. The van der Waals surface area contributed by atoms with Crippen molar-refractivity contribution in [1.82, 2.24) is 25.4 Å². The molecular weight excluding hydrogens is 394 g/mol. The van der Waals surface area contributed by atoms with E-state index in [1.807, 2.05) is 46.5 Å². The van der Waals surface area contributed by atoms with Crippen molar-refractivity contribution in [3.05, 3.63) is 58.7 Å². The van der Waals surface area contributed by atoms with Crippen molar-refractivity contribution in [2.24, 2.45) is 0 Å². The number of rotatable bonds is 6. The fourth-order valence-electron chi connectivity index (χ4n) is 3.43. The van der Waals surface area contributed by atoms with Crippen molar-refractivity contribution >= 4 is 29.7 Å². The summed E-state index contributed by atoms with van der Waals surface area (Å²) in [5.41, 5.74) is 3.18. The average molecular weight is 418 g/mol. The zero-order valence-corrected chi connectivity index (χ0v) is 17.1. The molecule has 28 heavy (non-hydrogen) atoms. The largest absolute Gasteiger partial charge is 0.348 e. The van der Waals surface area contributed by atoms with Crippen LogP contribution in [0.4, 0.5) is 0 Å². The second-order valence-electron chi connectivity index (χ2n) is 6.73. The molecule has 8 heteroatoms. The molecule has 1 saturated heterocycles. The van der Waals surface area contributed by atoms with Crippen LogP contribution in [0.25, 0.3) is 11.3 Å². The van der Waals surface area contributed by atoms with Crippen LogP contribution in [-0.2, 0) is 17.9 Å². The van der Waals surface area contributed by atoms with E-state index in [9.17, 15) is 4.79 Å². The number of hydrogen-bond acceptors (Lipinski definition) is 5. The summed E-state index contributed by atoms with van der Waals surface area (Å²) >= 11 is 1.56. The predicted molar refractivity (Wildman–Crippen MR) is 114 cm³/mol. The molecular formula is C20H24ClN5OS. The van der Waals surface area contributed by atoms with Crippen LogP contribution < -0.4 is 10.6 Å². The second-order valence-corrected chi connectivity index (χ2v) is 7.67. The van der Waals surface area contributed by atoms with Gasteiger partial charge in [0.05, 0.1) is 12.2 Å². The first-order chi connectivity index (χ1) is 13.3. The number of hydrogen-bond donors (Lipinski definition) is 2. The number of piperidine rings is 1. The third-order valence-electron chi connectivity index (χ3n) is 4.82. The number of nitrogens with zero attached hydrogens (tertiary/aromatic N) is 3. The molecule has 6 nitrogen and oxygen atoms in total. The fraction of sp³-hybridized carbons (Fsp3) is 0.350. The van der Waals surface area contributed by atoms with Crippen molar-refractivity contribution in [2.75, 3.05) is 13.1 Å². The number of thiazole rings is 1. The molecule has 0 spiro atoms. The van der Waals surface area contributed by atoms with E-state index < -0.39 is 0 Å². The quantitative estimate of drug-likeness (QED) is 0.646. The van der Waals surface area contributed by atoms with Gasteiger partial charge in [0, 0.05) is 35.3 Å². The van der Waals surface area contributed by atoms with Crippen molar-refractivity contribution in [3.63, 3.8) is 0 Å². The molecule has 1 aliphatic rings. The van der Waals surface area contributed by atoms with Gasteiger partial charge >= 0.3 is 0 Å². The van der Waals surface area contributed by atoms with Gasteiger partial charge in [-0.25, -0.2) is 4.98 Å². The van der Waals surface area contributed by atoms with Crippen molar-refractivity contribution in [3.8, 4) is 11.3 Å². The number of aromatic nitrogens is 3. The highest BCUT2D eigenvalue weighted by Crippen LogP contribution is 2.23. The molecule has 3 aromatic rings. The zero-order valence-electron chi connectivity index (χ0n) is 15.5. The number of carbonyl (C=O) groups excluding carboxylic acids is 1. The van der Waals surface area contributed by atoms with Crippen LogP contribution in [0.5, 0.6) is 0 Å². The SMILES string of the molecule is Cl.O=C(Cn1nccc1C1CCCNC1)NCc1nc(-c2ccccc2)cs1. The molecule has 1 aromatic carbocycles. The molecule has 1 amide bonds. The normalized spacial score (nSPS) is 16.4. The summed E-state index contributed by atoms with van der Waals surface area (Å²) < 4.78 is 1.82. The Morgan fingerprint density at radius 2 is 2.14 bits per heavy atom. The molecule has 0 saturated carbocycles. The molecule has 3 heterocycles. The van der Waals surface area contributed by atoms with Gasteiger partial charge in [0.2, 0.25) is 5.91 Å². The van der Waals surface area contributed by atoms with Gasteiger partial charge in [0.1, 0.15) is 11.6 Å². The van der Waals surface area contributed by atoms with Gasteiger partial charge in [-0.2, -0.15) is 5.10 Å². The summed E-state index contributed by atoms with van der Waals surface area (Å²) in [5.74, 6) is 0.390. The molecule has 148 valence electrons. The molecule has 4 rings (SSSR count). The Balaban J connectivity index is 0.00000225. The minimum absolute atomic E-state index is 0. The minimum Gasteiger partial charge on any atom is -0.348 e. The summed E-state index contributed by atoms with van der Waals surface area (Å²) in [5, 5.41) is 13.7. The second kappa shape index (κ2) is 9.82. The van der Waals surface area contributed by atoms with Crippen LogP contribution in [0.15, 0.2) is 48.0 Å². The molecule has 1 unspecified atom stereocenters. The van der Waals surface area contributed by atoms with Crippen molar-refractivity contribution < 1.29 is 4.79 Å². The summed E-state index contributed by atoms with van der Waals surface area (Å²) in [6, 6.07) is 12.1. The maximum absolute atomic E-state index is 12.4.